The quantitative estimate of drug-likeness (QED) is 0.0960. The van der Waals surface area contributed by atoms with Gasteiger partial charge in [-0.15, -0.1) is 0 Å². The number of allylic oxidation sites excluding steroid dienone is 4. The van der Waals surface area contributed by atoms with E-state index in [2.05, 4.69) is 30.6 Å². The molecule has 3 N–H and O–H groups in total. The normalized spacial score (nSPS) is 12.7. The first-order valence-corrected chi connectivity index (χ1v) is 14.7. The topological polar surface area (TPSA) is 152 Å². The smallest absolute Gasteiger partial charge is 0.476 e. The molecule has 0 unspecified atom stereocenters. The van der Waals surface area contributed by atoms with Gasteiger partial charge in [0, 0.05) is 28.0 Å². The Balaban J connectivity index is 0.000000182. The van der Waals surface area contributed by atoms with Gasteiger partial charge in [0.1, 0.15) is 10.3 Å². The lowest BCUT2D eigenvalue weighted by Crippen LogP contribution is -2.12. The van der Waals surface area contributed by atoms with Gasteiger partial charge in [-0.05, 0) is 46.0 Å². The summed E-state index contributed by atoms with van der Waals surface area (Å²) in [7, 11) is -0.197. The lowest BCUT2D eigenvalue weighted by molar-refractivity contribution is -0.137. The van der Waals surface area contributed by atoms with Gasteiger partial charge < -0.3 is 24.3 Å². The summed E-state index contributed by atoms with van der Waals surface area (Å²) in [6.45, 7) is 0. The maximum absolute atomic E-state index is 13.2. The van der Waals surface area contributed by atoms with Crippen molar-refractivity contribution < 1.29 is 60.2 Å². The summed E-state index contributed by atoms with van der Waals surface area (Å²) < 4.78 is 89.6. The predicted octanol–water partition coefficient (Wildman–Crippen LogP) is 7.41. The number of carboxylic acids is 1. The number of esters is 1. The van der Waals surface area contributed by atoms with Crippen molar-refractivity contribution in [2.24, 2.45) is 0 Å². The van der Waals surface area contributed by atoms with Gasteiger partial charge in [0.15, 0.2) is 22.7 Å². The minimum Gasteiger partial charge on any atom is -0.476 e. The molecule has 0 aromatic carbocycles. The van der Waals surface area contributed by atoms with Gasteiger partial charge in [-0.2, -0.15) is 26.3 Å². The zero-order valence-corrected chi connectivity index (χ0v) is 27.3. The minimum absolute atomic E-state index is 0.156. The van der Waals surface area contributed by atoms with Crippen molar-refractivity contribution in [2.45, 2.75) is 18.8 Å². The lowest BCUT2D eigenvalue weighted by atomic mass is 9.80. The number of nitrogens with zero attached hydrogens (tertiary/aromatic N) is 4. The number of alkyl halides is 6. The molecule has 0 amide bonds. The van der Waals surface area contributed by atoms with E-state index in [-0.39, 0.29) is 20.9 Å². The number of imidazole rings is 2. The summed E-state index contributed by atoms with van der Waals surface area (Å²) in [6.07, 6.45) is 2.01. The number of carbonyl (C=O) groups excluding carboxylic acids is 1. The molecule has 5 heterocycles. The first-order chi connectivity index (χ1) is 22.8. The number of aromatic carboxylic acids is 1. The number of hydrogen-bond donors (Lipinski definition) is 3. The molecule has 1 aliphatic carbocycles. The predicted molar refractivity (Wildman–Crippen MR) is 166 cm³/mol. The molecule has 0 aliphatic heterocycles. The third-order valence-corrected chi connectivity index (χ3v) is 7.59. The Morgan fingerprint density at radius 3 is 2.00 bits per heavy atom. The highest BCUT2D eigenvalue weighted by atomic mass is 79.9. The Morgan fingerprint density at radius 1 is 0.959 bits per heavy atom. The minimum atomic E-state index is -4.72. The van der Waals surface area contributed by atoms with Gasteiger partial charge in [0.2, 0.25) is 0 Å². The molecule has 6 rings (SSSR count). The van der Waals surface area contributed by atoms with Crippen LogP contribution in [0.15, 0.2) is 75.7 Å². The summed E-state index contributed by atoms with van der Waals surface area (Å²) in [5.74, 6) is -2.41. The van der Waals surface area contributed by atoms with Gasteiger partial charge in [-0.3, -0.25) is 8.80 Å². The fourth-order valence-electron chi connectivity index (χ4n) is 4.24. The number of ether oxygens (including phenoxy) is 1. The third kappa shape index (κ3) is 8.30. The molecule has 0 radical (unpaired) electrons. The van der Waals surface area contributed by atoms with E-state index >= 15 is 0 Å². The fraction of sp³-hybridized carbons (Fsp3) is 0.143. The molecule has 0 fully saturated rings. The van der Waals surface area contributed by atoms with Gasteiger partial charge in [0.25, 0.3) is 0 Å². The fourth-order valence-corrected chi connectivity index (χ4v) is 5.17. The van der Waals surface area contributed by atoms with Crippen LogP contribution in [0.1, 0.15) is 38.5 Å². The van der Waals surface area contributed by atoms with Gasteiger partial charge in [-0.25, -0.2) is 19.6 Å². The van der Waals surface area contributed by atoms with Crippen LogP contribution in [0.4, 0.5) is 26.3 Å². The van der Waals surface area contributed by atoms with Crippen molar-refractivity contribution >= 4 is 69.5 Å². The highest BCUT2D eigenvalue weighted by Crippen LogP contribution is 2.38. The van der Waals surface area contributed by atoms with Gasteiger partial charge in [-0.1, -0.05) is 41.4 Å². The van der Waals surface area contributed by atoms with Crippen molar-refractivity contribution in [1.29, 1.82) is 0 Å². The highest BCUT2D eigenvalue weighted by molar-refractivity contribution is 9.10. The van der Waals surface area contributed by atoms with Gasteiger partial charge in [0.05, 0.1) is 30.8 Å². The van der Waals surface area contributed by atoms with Crippen molar-refractivity contribution in [3.8, 4) is 11.1 Å². The SMILES string of the molecule is COC(=O)c1nc2c(C(F)(F)F)cc(Br)cn2c1Cl.O=C(O)c1nc2c(C(F)(F)F)cc(-c3ccoc3)cn2c1Cl.OB(O)C1=CCC=C1. The van der Waals surface area contributed by atoms with Crippen molar-refractivity contribution in [3.05, 3.63) is 104 Å². The Bertz CT molecular complexity index is 2090. The molecule has 11 nitrogen and oxygen atoms in total. The summed E-state index contributed by atoms with van der Waals surface area (Å²) in [5.41, 5.74) is -2.95. The monoisotopic (exact) mass is 796 g/mol. The Morgan fingerprint density at radius 2 is 1.53 bits per heavy atom. The van der Waals surface area contributed by atoms with Crippen LogP contribution in [0.3, 0.4) is 0 Å². The van der Waals surface area contributed by atoms with Crippen LogP contribution >= 0.6 is 39.1 Å². The van der Waals surface area contributed by atoms with Crippen LogP contribution < -0.4 is 0 Å². The molecule has 0 saturated carbocycles. The van der Waals surface area contributed by atoms with Crippen molar-refractivity contribution in [2.75, 3.05) is 7.11 Å². The summed E-state index contributed by atoms with van der Waals surface area (Å²) >= 11 is 14.6. The van der Waals surface area contributed by atoms with Crippen LogP contribution in [0, 0.1) is 0 Å². The van der Waals surface area contributed by atoms with Crippen molar-refractivity contribution in [3.63, 3.8) is 0 Å². The average Bonchev–Trinajstić information content (AvgIpc) is 3.84. The number of carboxylic acid groups (broad SMARTS) is 1. The number of pyridine rings is 2. The van der Waals surface area contributed by atoms with E-state index in [9.17, 15) is 35.9 Å². The van der Waals surface area contributed by atoms with Crippen molar-refractivity contribution in [1.82, 2.24) is 18.8 Å². The molecule has 21 heteroatoms. The second kappa shape index (κ2) is 14.7. The molecule has 258 valence electrons. The number of furan rings is 1. The van der Waals surface area contributed by atoms with E-state index in [0.29, 0.717) is 11.0 Å². The molecule has 0 spiro atoms. The van der Waals surface area contributed by atoms with Crippen LogP contribution in [-0.4, -0.2) is 60.1 Å². The van der Waals surface area contributed by atoms with Crippen LogP contribution in [0.25, 0.3) is 22.4 Å². The zero-order valence-electron chi connectivity index (χ0n) is 24.2. The number of carbonyl (C=O) groups is 2. The van der Waals surface area contributed by atoms with E-state index in [4.69, 9.17) is 42.8 Å². The summed E-state index contributed by atoms with van der Waals surface area (Å²) in [4.78, 5) is 29.5. The Hall–Kier alpha value is -4.30. The second-order valence-corrected chi connectivity index (χ2v) is 11.3. The van der Waals surface area contributed by atoms with Crippen LogP contribution in [-0.2, 0) is 17.1 Å². The van der Waals surface area contributed by atoms with E-state index in [1.807, 2.05) is 6.08 Å². The first-order valence-electron chi connectivity index (χ1n) is 13.1. The molecule has 0 atom stereocenters. The maximum Gasteiger partial charge on any atom is 0.488 e. The number of methoxy groups -OCH3 is 1. The second-order valence-electron chi connectivity index (χ2n) is 9.62. The van der Waals surface area contributed by atoms with Crippen LogP contribution in [0.2, 0.25) is 10.3 Å². The number of aromatic nitrogens is 4. The molecular weight excluding hydrogens is 780 g/mol. The molecule has 0 saturated heterocycles. The number of rotatable bonds is 4. The van der Waals surface area contributed by atoms with E-state index in [1.54, 1.807) is 12.2 Å². The largest absolute Gasteiger partial charge is 0.488 e. The third-order valence-electron chi connectivity index (χ3n) is 6.43. The van der Waals surface area contributed by atoms with E-state index in [1.165, 1.54) is 31.0 Å². The molecule has 5 aromatic heterocycles. The van der Waals surface area contributed by atoms with Crippen LogP contribution in [0.5, 0.6) is 0 Å². The van der Waals surface area contributed by atoms with E-state index < -0.39 is 64.7 Å². The summed E-state index contributed by atoms with van der Waals surface area (Å²) in [6, 6.07) is 3.21. The first kappa shape index (κ1) is 37.5. The Labute approximate surface area is 288 Å². The molecule has 0 bridgehead atoms. The Kier molecular flexibility index (Phi) is 11.2. The average molecular weight is 798 g/mol. The number of fused-ring (bicyclic) bond motifs is 2. The molecule has 49 heavy (non-hydrogen) atoms. The standard InChI is InChI=1S/C13H6ClF3N2O3.C10H5BrClF3N2O2.C5H7BO2/c14-10-9(12(20)21)18-11-8(13(15,16)17)3-7(4-19(10)11)6-1-2-22-5-6;1-19-9(18)6-7(12)17-3-4(11)2-5(8(17)16-6)10(13,14)15;7-6(8)5-3-1-2-4-5/h1-5H,(H,20,21);2-3H,1H3;1,3-4,7-8H,2H2. The van der Waals surface area contributed by atoms with E-state index in [0.717, 1.165) is 34.5 Å². The number of halogens is 9. The number of hydrogen-bond acceptors (Lipinski definition) is 8. The molecular formula is C28H18BBrCl2F6N4O7. The highest BCUT2D eigenvalue weighted by Gasteiger charge is 2.37. The molecule has 1 aliphatic rings. The molecule has 5 aromatic rings. The maximum atomic E-state index is 13.2. The zero-order chi connectivity index (χ0) is 36.4. The summed E-state index contributed by atoms with van der Waals surface area (Å²) in [5, 5.41) is 25.3. The van der Waals surface area contributed by atoms with Gasteiger partial charge >= 0.3 is 31.4 Å². The lowest BCUT2D eigenvalue weighted by Gasteiger charge is -2.10.